The highest BCUT2D eigenvalue weighted by Crippen LogP contribution is 2.30. The molecule has 1 aromatic heterocycles. The Hall–Kier alpha value is -3.55. The van der Waals surface area contributed by atoms with Gasteiger partial charge < -0.3 is 19.9 Å². The number of hydrogen-bond acceptors (Lipinski definition) is 6. The zero-order valence-corrected chi connectivity index (χ0v) is 18.6. The second-order valence-corrected chi connectivity index (χ2v) is 8.08. The number of carbonyl (C=O) groups is 2. The Labute approximate surface area is 187 Å². The lowest BCUT2D eigenvalue weighted by Gasteiger charge is -2.35. The second kappa shape index (κ2) is 10.7. The molecule has 8 heteroatoms. The molecule has 0 saturated carbocycles. The molecule has 0 spiro atoms. The molecule has 0 N–H and O–H groups in total. The number of tetrazole rings is 1. The molecule has 3 rings (SSSR count). The molecule has 168 valence electrons. The van der Waals surface area contributed by atoms with Crippen LogP contribution in [0.5, 0.6) is 0 Å². The van der Waals surface area contributed by atoms with E-state index in [1.807, 2.05) is 55.5 Å². The maximum absolute atomic E-state index is 12.8. The van der Waals surface area contributed by atoms with E-state index in [1.54, 1.807) is 13.8 Å². The van der Waals surface area contributed by atoms with Crippen LogP contribution in [0.4, 0.5) is 0 Å². The van der Waals surface area contributed by atoms with Gasteiger partial charge in [0, 0.05) is 18.8 Å². The summed E-state index contributed by atoms with van der Waals surface area (Å²) in [5.74, 6) is -1.21. The molecule has 3 aromatic rings. The van der Waals surface area contributed by atoms with Gasteiger partial charge in [-0.2, -0.15) is 5.21 Å². The van der Waals surface area contributed by atoms with E-state index in [4.69, 9.17) is 0 Å². The lowest BCUT2D eigenvalue weighted by Crippen LogP contribution is -2.52. The number of carboxylic acid groups (broad SMARTS) is 1. The Kier molecular flexibility index (Phi) is 7.70. The first-order chi connectivity index (χ1) is 15.4. The molecule has 32 heavy (non-hydrogen) atoms. The van der Waals surface area contributed by atoms with E-state index in [1.165, 1.54) is 4.90 Å². The molecule has 1 atom stereocenters. The normalized spacial score (nSPS) is 12.0. The van der Waals surface area contributed by atoms with Gasteiger partial charge in [0.2, 0.25) is 5.91 Å². The minimum atomic E-state index is -1.23. The van der Waals surface area contributed by atoms with Crippen molar-refractivity contribution in [2.24, 2.45) is 5.92 Å². The fourth-order valence-corrected chi connectivity index (χ4v) is 3.74. The monoisotopic (exact) mass is 433 g/mol. The number of nitrogens with zero attached hydrogens (tertiary/aromatic N) is 5. The molecule has 0 radical (unpaired) electrons. The van der Waals surface area contributed by atoms with Crippen molar-refractivity contribution in [2.75, 3.05) is 0 Å². The van der Waals surface area contributed by atoms with Crippen molar-refractivity contribution < 1.29 is 14.7 Å². The summed E-state index contributed by atoms with van der Waals surface area (Å²) in [4.78, 5) is 26.1. The number of rotatable bonds is 10. The number of carbonyl (C=O) groups excluding carboxylic acids is 2. The molecule has 0 fully saturated rings. The van der Waals surface area contributed by atoms with Crippen molar-refractivity contribution in [3.05, 3.63) is 54.1 Å². The van der Waals surface area contributed by atoms with Crippen molar-refractivity contribution in [3.8, 4) is 22.5 Å². The predicted octanol–water partition coefficient (Wildman–Crippen LogP) is 2.46. The van der Waals surface area contributed by atoms with Crippen LogP contribution in [-0.2, 0) is 16.1 Å². The fourth-order valence-electron chi connectivity index (χ4n) is 3.74. The summed E-state index contributed by atoms with van der Waals surface area (Å²) in [5.41, 5.74) is 3.53. The van der Waals surface area contributed by atoms with Crippen LogP contribution in [0.25, 0.3) is 22.5 Å². The van der Waals surface area contributed by atoms with Gasteiger partial charge in [0.05, 0.1) is 12.0 Å². The quantitative estimate of drug-likeness (QED) is 0.482. The third-order valence-corrected chi connectivity index (χ3v) is 5.38. The number of aliphatic carboxylic acids is 1. The molecular weight excluding hydrogens is 406 g/mol. The van der Waals surface area contributed by atoms with Gasteiger partial charge in [0.25, 0.3) is 0 Å². The lowest BCUT2D eigenvalue weighted by atomic mass is 9.97. The van der Waals surface area contributed by atoms with Crippen molar-refractivity contribution in [1.29, 1.82) is 0 Å². The summed E-state index contributed by atoms with van der Waals surface area (Å²) in [5, 5.41) is 26.8. The second-order valence-electron chi connectivity index (χ2n) is 8.08. The van der Waals surface area contributed by atoms with Gasteiger partial charge in [-0.3, -0.25) is 15.1 Å². The molecule has 0 saturated heterocycles. The molecule has 0 unspecified atom stereocenters. The first-order valence-electron chi connectivity index (χ1n) is 10.8. The number of unbranched alkanes of at least 4 members (excludes halogenated alkanes) is 1. The first-order valence-corrected chi connectivity index (χ1v) is 10.8. The van der Waals surface area contributed by atoms with Crippen LogP contribution < -0.4 is 10.2 Å². The van der Waals surface area contributed by atoms with E-state index in [0.29, 0.717) is 12.2 Å². The molecule has 8 nitrogen and oxygen atoms in total. The molecule has 0 aliphatic carbocycles. The average Bonchev–Trinajstić information content (AvgIpc) is 3.32. The molecule has 0 bridgehead atoms. The first kappa shape index (κ1) is 23.1. The largest absolute Gasteiger partial charge is 0.548 e. The lowest BCUT2D eigenvalue weighted by molar-refractivity contribution is -0.313. The number of carboxylic acids is 1. The third-order valence-electron chi connectivity index (χ3n) is 5.38. The summed E-state index contributed by atoms with van der Waals surface area (Å²) in [7, 11) is 0. The summed E-state index contributed by atoms with van der Waals surface area (Å²) in [6.45, 7) is 5.78. The maximum Gasteiger partial charge on any atom is 0.223 e. The van der Waals surface area contributed by atoms with Gasteiger partial charge in [-0.1, -0.05) is 75.7 Å². The van der Waals surface area contributed by atoms with Crippen LogP contribution in [0.15, 0.2) is 48.5 Å². The Bertz CT molecular complexity index is 1030. The van der Waals surface area contributed by atoms with Gasteiger partial charge >= 0.3 is 0 Å². The minimum absolute atomic E-state index is 0.169. The highest BCUT2D eigenvalue weighted by molar-refractivity contribution is 5.83. The Balaban J connectivity index is 1.87. The SMILES string of the molecule is CCCCC(=O)N(Cc1ccc(-c2ccccc2-c2nnn[n-]2)cc1)[C@H](C(=O)[O-])C(C)C. The average molecular weight is 434 g/mol. The van der Waals surface area contributed by atoms with Gasteiger partial charge in [0.15, 0.2) is 0 Å². The van der Waals surface area contributed by atoms with Gasteiger partial charge in [0.1, 0.15) is 0 Å². The summed E-state index contributed by atoms with van der Waals surface area (Å²) >= 11 is 0. The number of amides is 1. The van der Waals surface area contributed by atoms with E-state index in [2.05, 4.69) is 20.6 Å². The van der Waals surface area contributed by atoms with Gasteiger partial charge in [-0.15, -0.1) is 0 Å². The van der Waals surface area contributed by atoms with Crippen LogP contribution in [0.2, 0.25) is 0 Å². The van der Waals surface area contributed by atoms with Crippen molar-refractivity contribution >= 4 is 11.9 Å². The van der Waals surface area contributed by atoms with Crippen molar-refractivity contribution in [1.82, 2.24) is 25.5 Å². The van der Waals surface area contributed by atoms with E-state index < -0.39 is 12.0 Å². The highest BCUT2D eigenvalue weighted by atomic mass is 16.4. The predicted molar refractivity (Wildman–Crippen MR) is 118 cm³/mol. The standard InChI is InChI=1S/C24H29N5O3/c1-4-5-10-21(30)29(22(16(2)3)24(31)32)15-17-11-13-18(14-12-17)19-8-6-7-9-20(19)23-25-27-28-26-23/h6-9,11-14,16,22H,4-5,10,15H2,1-3H3,(H2,25,26,27,28,31,32)/p-2/t22-/m0/s1. The number of benzene rings is 2. The molecular formula is C24H27N5O3-2. The van der Waals surface area contributed by atoms with E-state index in [0.717, 1.165) is 35.1 Å². The smallest absolute Gasteiger partial charge is 0.223 e. The van der Waals surface area contributed by atoms with Gasteiger partial charge in [-0.25, -0.2) is 0 Å². The molecule has 1 amide bonds. The van der Waals surface area contributed by atoms with Crippen LogP contribution in [-0.4, -0.2) is 38.3 Å². The fraction of sp³-hybridized carbons (Fsp3) is 0.375. The molecule has 1 heterocycles. The molecule has 0 aliphatic heterocycles. The summed E-state index contributed by atoms with van der Waals surface area (Å²) < 4.78 is 0. The van der Waals surface area contributed by atoms with Crippen LogP contribution >= 0.6 is 0 Å². The number of hydrogen-bond donors (Lipinski definition) is 0. The van der Waals surface area contributed by atoms with Crippen molar-refractivity contribution in [2.45, 2.75) is 52.6 Å². The Morgan fingerprint density at radius 3 is 2.31 bits per heavy atom. The minimum Gasteiger partial charge on any atom is -0.548 e. The summed E-state index contributed by atoms with van der Waals surface area (Å²) in [6.07, 6.45) is 1.90. The maximum atomic E-state index is 12.8. The van der Waals surface area contributed by atoms with E-state index in [-0.39, 0.29) is 18.4 Å². The van der Waals surface area contributed by atoms with Crippen LogP contribution in [0, 0.1) is 5.92 Å². The Morgan fingerprint density at radius 2 is 1.75 bits per heavy atom. The van der Waals surface area contributed by atoms with Crippen LogP contribution in [0.3, 0.4) is 0 Å². The van der Waals surface area contributed by atoms with Crippen molar-refractivity contribution in [3.63, 3.8) is 0 Å². The van der Waals surface area contributed by atoms with Gasteiger partial charge in [-0.05, 0) is 34.6 Å². The Morgan fingerprint density at radius 1 is 1.06 bits per heavy atom. The van der Waals surface area contributed by atoms with Crippen LogP contribution in [0.1, 0.15) is 45.6 Å². The number of aromatic nitrogens is 4. The molecule has 2 aromatic carbocycles. The molecule has 0 aliphatic rings. The zero-order chi connectivity index (χ0) is 23.1. The highest BCUT2D eigenvalue weighted by Gasteiger charge is 2.27. The zero-order valence-electron chi connectivity index (χ0n) is 18.6. The summed E-state index contributed by atoms with van der Waals surface area (Å²) in [6, 6.07) is 14.4. The third kappa shape index (κ3) is 5.38. The van der Waals surface area contributed by atoms with E-state index in [9.17, 15) is 14.7 Å². The topological polar surface area (TPSA) is 113 Å². The van der Waals surface area contributed by atoms with E-state index >= 15 is 0 Å².